The number of nitrogens with one attached hydrogen (secondary N) is 1. The molecule has 1 heterocycles. The van der Waals surface area contributed by atoms with Gasteiger partial charge in [0.25, 0.3) is 0 Å². The molecule has 1 saturated heterocycles. The van der Waals surface area contributed by atoms with Crippen molar-refractivity contribution >= 4 is 5.97 Å². The number of hydrogen-bond donors (Lipinski definition) is 1. The fourth-order valence-electron chi connectivity index (χ4n) is 2.82. The van der Waals surface area contributed by atoms with Gasteiger partial charge in [-0.2, -0.15) is 0 Å². The Hall–Kier alpha value is -0.570. The first-order valence-corrected chi connectivity index (χ1v) is 6.38. The Morgan fingerprint density at radius 1 is 1.38 bits per heavy atom. The second-order valence-corrected chi connectivity index (χ2v) is 6.28. The topological polar surface area (TPSA) is 38.3 Å². The molecular formula is C13H23NO2. The van der Waals surface area contributed by atoms with Crippen molar-refractivity contribution in [1.82, 2.24) is 5.32 Å². The average Bonchev–Trinajstić information content (AvgIpc) is 2.13. The van der Waals surface area contributed by atoms with Gasteiger partial charge in [0.1, 0.15) is 5.60 Å². The summed E-state index contributed by atoms with van der Waals surface area (Å²) < 4.78 is 5.47. The SMILES string of the molecule is CC(C)(C)OC(=O)C1CCCC2(CCN2)C1. The fourth-order valence-corrected chi connectivity index (χ4v) is 2.82. The molecule has 1 saturated carbocycles. The molecule has 2 unspecified atom stereocenters. The number of carbonyl (C=O) groups excluding carboxylic acids is 1. The molecule has 16 heavy (non-hydrogen) atoms. The van der Waals surface area contributed by atoms with Gasteiger partial charge in [-0.05, 0) is 53.0 Å². The molecule has 0 bridgehead atoms. The normalized spacial score (nSPS) is 34.6. The molecule has 92 valence electrons. The quantitative estimate of drug-likeness (QED) is 0.696. The molecule has 3 heteroatoms. The van der Waals surface area contributed by atoms with Crippen LogP contribution in [0.1, 0.15) is 52.9 Å². The predicted octanol–water partition coefficient (Wildman–Crippen LogP) is 2.25. The molecule has 0 amide bonds. The van der Waals surface area contributed by atoms with Crippen molar-refractivity contribution < 1.29 is 9.53 Å². The van der Waals surface area contributed by atoms with Gasteiger partial charge in [0.05, 0.1) is 5.92 Å². The van der Waals surface area contributed by atoms with Crippen LogP contribution >= 0.6 is 0 Å². The second-order valence-electron chi connectivity index (χ2n) is 6.28. The van der Waals surface area contributed by atoms with E-state index in [-0.39, 0.29) is 23.0 Å². The number of hydrogen-bond acceptors (Lipinski definition) is 3. The molecule has 0 aromatic rings. The molecule has 1 aliphatic heterocycles. The molecule has 2 fully saturated rings. The first-order valence-electron chi connectivity index (χ1n) is 6.38. The van der Waals surface area contributed by atoms with Gasteiger partial charge in [0, 0.05) is 5.54 Å². The van der Waals surface area contributed by atoms with Gasteiger partial charge < -0.3 is 10.1 Å². The Morgan fingerprint density at radius 3 is 2.56 bits per heavy atom. The molecule has 2 aliphatic rings. The summed E-state index contributed by atoms with van der Waals surface area (Å²) >= 11 is 0. The zero-order chi connectivity index (χ0) is 11.8. The number of esters is 1. The number of rotatable bonds is 1. The third kappa shape index (κ3) is 2.57. The van der Waals surface area contributed by atoms with Crippen LogP contribution in [0.2, 0.25) is 0 Å². The Labute approximate surface area is 97.9 Å². The maximum atomic E-state index is 12.0. The molecule has 1 aliphatic carbocycles. The van der Waals surface area contributed by atoms with Crippen LogP contribution in [0, 0.1) is 5.92 Å². The van der Waals surface area contributed by atoms with Crippen LogP contribution in [0.4, 0.5) is 0 Å². The largest absolute Gasteiger partial charge is 0.460 e. The fraction of sp³-hybridized carbons (Fsp3) is 0.923. The average molecular weight is 225 g/mol. The van der Waals surface area contributed by atoms with Crippen LogP contribution in [-0.2, 0) is 9.53 Å². The first-order chi connectivity index (χ1) is 7.40. The lowest BCUT2D eigenvalue weighted by Crippen LogP contribution is -2.59. The Kier molecular flexibility index (Phi) is 2.99. The molecule has 0 aromatic heterocycles. The van der Waals surface area contributed by atoms with Crippen LogP contribution < -0.4 is 5.32 Å². The maximum absolute atomic E-state index is 12.0. The highest BCUT2D eigenvalue weighted by atomic mass is 16.6. The van der Waals surface area contributed by atoms with Crippen molar-refractivity contribution in [2.45, 2.75) is 64.0 Å². The molecule has 2 atom stereocenters. The number of ether oxygens (including phenoxy) is 1. The van der Waals surface area contributed by atoms with E-state index in [0.717, 1.165) is 25.8 Å². The minimum Gasteiger partial charge on any atom is -0.460 e. The zero-order valence-electron chi connectivity index (χ0n) is 10.6. The maximum Gasteiger partial charge on any atom is 0.309 e. The molecule has 3 nitrogen and oxygen atoms in total. The van der Waals surface area contributed by atoms with E-state index in [1.807, 2.05) is 20.8 Å². The molecule has 0 aromatic carbocycles. The molecule has 2 rings (SSSR count). The van der Waals surface area contributed by atoms with Crippen molar-refractivity contribution in [1.29, 1.82) is 0 Å². The summed E-state index contributed by atoms with van der Waals surface area (Å²) in [5, 5.41) is 3.50. The van der Waals surface area contributed by atoms with E-state index in [1.165, 1.54) is 12.8 Å². The van der Waals surface area contributed by atoms with Crippen LogP contribution in [0.25, 0.3) is 0 Å². The molecule has 0 radical (unpaired) electrons. The summed E-state index contributed by atoms with van der Waals surface area (Å²) in [7, 11) is 0. The third-order valence-electron chi connectivity index (χ3n) is 3.69. The van der Waals surface area contributed by atoms with E-state index in [9.17, 15) is 4.79 Å². The van der Waals surface area contributed by atoms with Crippen molar-refractivity contribution in [3.63, 3.8) is 0 Å². The predicted molar refractivity (Wildman–Crippen MR) is 63.2 cm³/mol. The summed E-state index contributed by atoms with van der Waals surface area (Å²) in [5.74, 6) is 0.112. The van der Waals surface area contributed by atoms with E-state index in [1.54, 1.807) is 0 Å². The lowest BCUT2D eigenvalue weighted by molar-refractivity contribution is -0.162. The van der Waals surface area contributed by atoms with Crippen LogP contribution in [0.15, 0.2) is 0 Å². The minimum absolute atomic E-state index is 0.000255. The summed E-state index contributed by atoms with van der Waals surface area (Å²) in [5.41, 5.74) is -0.0748. The second kappa shape index (κ2) is 4.02. The van der Waals surface area contributed by atoms with Gasteiger partial charge in [-0.1, -0.05) is 6.42 Å². The standard InChI is InChI=1S/C13H23NO2/c1-12(2,3)16-11(15)10-5-4-6-13(9-10)7-8-14-13/h10,14H,4-9H2,1-3H3. The summed E-state index contributed by atoms with van der Waals surface area (Å²) in [6.07, 6.45) is 5.58. The molecule has 1 N–H and O–H groups in total. The summed E-state index contributed by atoms with van der Waals surface area (Å²) in [4.78, 5) is 12.0. The zero-order valence-corrected chi connectivity index (χ0v) is 10.6. The Morgan fingerprint density at radius 2 is 2.06 bits per heavy atom. The van der Waals surface area contributed by atoms with Gasteiger partial charge >= 0.3 is 5.97 Å². The third-order valence-corrected chi connectivity index (χ3v) is 3.69. The number of carbonyl (C=O) groups is 1. The lowest BCUT2D eigenvalue weighted by Gasteiger charge is -2.48. The van der Waals surface area contributed by atoms with Crippen LogP contribution in [0.3, 0.4) is 0 Å². The van der Waals surface area contributed by atoms with Gasteiger partial charge in [0.2, 0.25) is 0 Å². The van der Waals surface area contributed by atoms with Crippen molar-refractivity contribution in [3.8, 4) is 0 Å². The molecular weight excluding hydrogens is 202 g/mol. The molecule has 1 spiro atoms. The van der Waals surface area contributed by atoms with Crippen LogP contribution in [-0.4, -0.2) is 23.7 Å². The first kappa shape index (κ1) is 11.9. The Bertz CT molecular complexity index is 276. The van der Waals surface area contributed by atoms with Crippen molar-refractivity contribution in [2.24, 2.45) is 5.92 Å². The highest BCUT2D eigenvalue weighted by Gasteiger charge is 2.43. The van der Waals surface area contributed by atoms with E-state index in [4.69, 9.17) is 4.74 Å². The highest BCUT2D eigenvalue weighted by Crippen LogP contribution is 2.39. The van der Waals surface area contributed by atoms with E-state index in [2.05, 4.69) is 5.32 Å². The summed E-state index contributed by atoms with van der Waals surface area (Å²) in [6.45, 7) is 6.92. The smallest absolute Gasteiger partial charge is 0.309 e. The van der Waals surface area contributed by atoms with Gasteiger partial charge in [-0.3, -0.25) is 4.79 Å². The van der Waals surface area contributed by atoms with E-state index >= 15 is 0 Å². The van der Waals surface area contributed by atoms with Crippen molar-refractivity contribution in [2.75, 3.05) is 6.54 Å². The highest BCUT2D eigenvalue weighted by molar-refractivity contribution is 5.73. The summed E-state index contributed by atoms with van der Waals surface area (Å²) in [6, 6.07) is 0. The van der Waals surface area contributed by atoms with Crippen molar-refractivity contribution in [3.05, 3.63) is 0 Å². The van der Waals surface area contributed by atoms with E-state index < -0.39 is 0 Å². The van der Waals surface area contributed by atoms with Crippen LogP contribution in [0.5, 0.6) is 0 Å². The lowest BCUT2D eigenvalue weighted by atomic mass is 9.70. The monoisotopic (exact) mass is 225 g/mol. The van der Waals surface area contributed by atoms with Gasteiger partial charge in [0.15, 0.2) is 0 Å². The van der Waals surface area contributed by atoms with E-state index in [0.29, 0.717) is 0 Å². The van der Waals surface area contributed by atoms with Gasteiger partial charge in [-0.25, -0.2) is 0 Å². The van der Waals surface area contributed by atoms with Gasteiger partial charge in [-0.15, -0.1) is 0 Å². The minimum atomic E-state index is -0.352. The Balaban J connectivity index is 1.91.